The minimum absolute atomic E-state index is 0.807. The Morgan fingerprint density at radius 3 is 3.38 bits per heavy atom. The molecule has 4 heteroatoms. The Bertz CT molecular complexity index is 232. The van der Waals surface area contributed by atoms with Gasteiger partial charge in [0.1, 0.15) is 5.76 Å². The molecule has 0 aromatic carbocycles. The molecular weight excluding hydrogens is 184 g/mol. The molecule has 2 heterocycles. The number of thioether (sulfide) groups is 1. The van der Waals surface area contributed by atoms with Crippen LogP contribution in [-0.4, -0.2) is 23.0 Å². The van der Waals surface area contributed by atoms with E-state index in [4.69, 9.17) is 4.42 Å². The molecule has 0 aliphatic carbocycles. The Morgan fingerprint density at radius 1 is 1.69 bits per heavy atom. The Balaban J connectivity index is 1.63. The van der Waals surface area contributed by atoms with Crippen molar-refractivity contribution in [3.05, 3.63) is 18.4 Å². The van der Waals surface area contributed by atoms with E-state index in [0.29, 0.717) is 0 Å². The third-order valence-electron chi connectivity index (χ3n) is 2.24. The summed E-state index contributed by atoms with van der Waals surface area (Å²) < 4.78 is 5.12. The fraction of sp³-hybridized carbons (Fsp3) is 0.667. The molecule has 3 nitrogen and oxygen atoms in total. The molecule has 1 N–H and O–H groups in total. The molecule has 1 unspecified atom stereocenters. The number of aromatic nitrogens is 1. The zero-order chi connectivity index (χ0) is 8.93. The van der Waals surface area contributed by atoms with Gasteiger partial charge in [-0.2, -0.15) is 11.8 Å². The Kier molecular flexibility index (Phi) is 3.27. The van der Waals surface area contributed by atoms with E-state index in [1.54, 1.807) is 6.20 Å². The molecule has 72 valence electrons. The minimum Gasteiger partial charge on any atom is -0.447 e. The lowest BCUT2D eigenvalue weighted by Crippen LogP contribution is -2.21. The van der Waals surface area contributed by atoms with Crippen LogP contribution in [0.4, 0.5) is 0 Å². The number of oxazole rings is 1. The molecule has 1 aromatic heterocycles. The summed E-state index contributed by atoms with van der Waals surface area (Å²) in [6.45, 7) is 1.91. The normalized spacial score (nSPS) is 22.3. The molecule has 1 aliphatic heterocycles. The summed E-state index contributed by atoms with van der Waals surface area (Å²) in [5, 5.41) is 3.38. The van der Waals surface area contributed by atoms with Crippen LogP contribution in [0.15, 0.2) is 17.0 Å². The number of hydrogen-bond acceptors (Lipinski definition) is 4. The van der Waals surface area contributed by atoms with Gasteiger partial charge in [-0.05, 0) is 30.4 Å². The molecule has 13 heavy (non-hydrogen) atoms. The van der Waals surface area contributed by atoms with Crippen molar-refractivity contribution in [1.29, 1.82) is 0 Å². The second-order valence-electron chi connectivity index (χ2n) is 3.33. The van der Waals surface area contributed by atoms with Crippen molar-refractivity contribution in [3.63, 3.8) is 0 Å². The van der Waals surface area contributed by atoms with Crippen molar-refractivity contribution < 1.29 is 4.42 Å². The summed E-state index contributed by atoms with van der Waals surface area (Å²) >= 11 is 2.05. The first-order valence-electron chi connectivity index (χ1n) is 4.61. The molecular formula is C9H14N2OS. The highest BCUT2D eigenvalue weighted by atomic mass is 32.2. The quantitative estimate of drug-likeness (QED) is 0.796. The average molecular weight is 198 g/mol. The van der Waals surface area contributed by atoms with Gasteiger partial charge in [0.25, 0.3) is 0 Å². The molecule has 0 spiro atoms. The van der Waals surface area contributed by atoms with Crippen molar-refractivity contribution in [2.45, 2.75) is 13.0 Å². The van der Waals surface area contributed by atoms with Crippen LogP contribution in [0.1, 0.15) is 12.2 Å². The predicted octanol–water partition coefficient (Wildman–Crippen LogP) is 1.52. The molecule has 1 aromatic rings. The molecule has 2 rings (SSSR count). The summed E-state index contributed by atoms with van der Waals surface area (Å²) in [4.78, 5) is 3.86. The van der Waals surface area contributed by atoms with Gasteiger partial charge >= 0.3 is 0 Å². The Morgan fingerprint density at radius 2 is 2.69 bits per heavy atom. The number of nitrogens with zero attached hydrogens (tertiary/aromatic N) is 1. The molecule has 1 fully saturated rings. The summed E-state index contributed by atoms with van der Waals surface area (Å²) in [7, 11) is 0. The lowest BCUT2D eigenvalue weighted by atomic mass is 10.1. The number of hydrogen-bond donors (Lipinski definition) is 1. The third-order valence-corrected chi connectivity index (χ3v) is 3.47. The van der Waals surface area contributed by atoms with Gasteiger partial charge in [0.2, 0.25) is 0 Å². The Labute approximate surface area is 82.3 Å². The molecule has 0 amide bonds. The highest BCUT2D eigenvalue weighted by Gasteiger charge is 2.14. The fourth-order valence-electron chi connectivity index (χ4n) is 1.47. The van der Waals surface area contributed by atoms with Gasteiger partial charge in [-0.1, -0.05) is 0 Å². The molecule has 0 bridgehead atoms. The second kappa shape index (κ2) is 4.67. The van der Waals surface area contributed by atoms with Gasteiger partial charge in [0.15, 0.2) is 6.39 Å². The molecule has 0 saturated carbocycles. The minimum atomic E-state index is 0.807. The lowest BCUT2D eigenvalue weighted by molar-refractivity contribution is 0.455. The van der Waals surface area contributed by atoms with Gasteiger partial charge in [-0.3, -0.25) is 0 Å². The van der Waals surface area contributed by atoms with Crippen LogP contribution in [0, 0.1) is 5.92 Å². The third kappa shape index (κ3) is 2.74. The largest absolute Gasteiger partial charge is 0.447 e. The molecule has 0 radical (unpaired) electrons. The molecule has 1 aliphatic rings. The van der Waals surface area contributed by atoms with E-state index in [1.807, 2.05) is 0 Å². The first-order chi connectivity index (χ1) is 6.45. The van der Waals surface area contributed by atoms with Gasteiger partial charge < -0.3 is 9.73 Å². The maximum atomic E-state index is 5.12. The van der Waals surface area contributed by atoms with Crippen LogP contribution in [0.2, 0.25) is 0 Å². The summed E-state index contributed by atoms with van der Waals surface area (Å²) in [6.07, 6.45) is 4.59. The maximum Gasteiger partial charge on any atom is 0.180 e. The van der Waals surface area contributed by atoms with E-state index >= 15 is 0 Å². The zero-order valence-corrected chi connectivity index (χ0v) is 8.35. The first-order valence-corrected chi connectivity index (χ1v) is 5.76. The highest BCUT2D eigenvalue weighted by molar-refractivity contribution is 7.99. The van der Waals surface area contributed by atoms with Crippen LogP contribution in [0.5, 0.6) is 0 Å². The van der Waals surface area contributed by atoms with Gasteiger partial charge in [0.05, 0.1) is 12.7 Å². The smallest absolute Gasteiger partial charge is 0.180 e. The maximum absolute atomic E-state index is 5.12. The lowest BCUT2D eigenvalue weighted by Gasteiger charge is -2.07. The van der Waals surface area contributed by atoms with E-state index in [2.05, 4.69) is 22.1 Å². The van der Waals surface area contributed by atoms with E-state index in [0.717, 1.165) is 24.8 Å². The highest BCUT2D eigenvalue weighted by Crippen LogP contribution is 2.22. The van der Waals surface area contributed by atoms with Crippen molar-refractivity contribution in [1.82, 2.24) is 10.3 Å². The monoisotopic (exact) mass is 198 g/mol. The SMILES string of the molecule is c1ncc(CNCC2CCSC2)o1. The first kappa shape index (κ1) is 9.09. The molecule has 1 atom stereocenters. The van der Waals surface area contributed by atoms with Gasteiger partial charge in [-0.15, -0.1) is 0 Å². The van der Waals surface area contributed by atoms with E-state index in [1.165, 1.54) is 24.3 Å². The number of rotatable bonds is 4. The summed E-state index contributed by atoms with van der Waals surface area (Å²) in [5.74, 6) is 4.41. The van der Waals surface area contributed by atoms with Gasteiger partial charge in [-0.25, -0.2) is 4.98 Å². The van der Waals surface area contributed by atoms with Crippen LogP contribution in [0.25, 0.3) is 0 Å². The van der Waals surface area contributed by atoms with Gasteiger partial charge in [0, 0.05) is 0 Å². The standard InChI is InChI=1S/C9H14N2OS/c1-2-13-6-8(1)3-10-4-9-5-11-7-12-9/h5,7-8,10H,1-4,6H2. The van der Waals surface area contributed by atoms with E-state index < -0.39 is 0 Å². The van der Waals surface area contributed by atoms with Crippen molar-refractivity contribution >= 4 is 11.8 Å². The van der Waals surface area contributed by atoms with Crippen molar-refractivity contribution in [2.75, 3.05) is 18.1 Å². The fourth-order valence-corrected chi connectivity index (χ4v) is 2.76. The Hall–Kier alpha value is -0.480. The van der Waals surface area contributed by atoms with Crippen molar-refractivity contribution in [3.8, 4) is 0 Å². The van der Waals surface area contributed by atoms with Crippen LogP contribution >= 0.6 is 11.8 Å². The van der Waals surface area contributed by atoms with E-state index in [-0.39, 0.29) is 0 Å². The average Bonchev–Trinajstić information content (AvgIpc) is 2.75. The van der Waals surface area contributed by atoms with Crippen molar-refractivity contribution in [2.24, 2.45) is 5.92 Å². The molecule has 1 saturated heterocycles. The van der Waals surface area contributed by atoms with Crippen LogP contribution in [0.3, 0.4) is 0 Å². The van der Waals surface area contributed by atoms with Crippen LogP contribution in [-0.2, 0) is 6.54 Å². The van der Waals surface area contributed by atoms with Crippen LogP contribution < -0.4 is 5.32 Å². The predicted molar refractivity (Wildman–Crippen MR) is 53.6 cm³/mol. The zero-order valence-electron chi connectivity index (χ0n) is 7.53. The second-order valence-corrected chi connectivity index (χ2v) is 4.48. The van der Waals surface area contributed by atoms with E-state index in [9.17, 15) is 0 Å². The summed E-state index contributed by atoms with van der Waals surface area (Å²) in [5.41, 5.74) is 0. The topological polar surface area (TPSA) is 38.1 Å². The summed E-state index contributed by atoms with van der Waals surface area (Å²) in [6, 6.07) is 0. The number of nitrogens with one attached hydrogen (secondary N) is 1.